The van der Waals surface area contributed by atoms with Gasteiger partial charge in [-0.3, -0.25) is 9.36 Å². The first-order valence-corrected chi connectivity index (χ1v) is 11.8. The van der Waals surface area contributed by atoms with Crippen LogP contribution in [0.15, 0.2) is 52.6 Å². The van der Waals surface area contributed by atoms with Crippen LogP contribution in [-0.2, 0) is 24.8 Å². The van der Waals surface area contributed by atoms with Gasteiger partial charge in [0.15, 0.2) is 0 Å². The Morgan fingerprint density at radius 1 is 1.20 bits per heavy atom. The molecule has 0 amide bonds. The highest BCUT2D eigenvalue weighted by Gasteiger charge is 2.22. The van der Waals surface area contributed by atoms with E-state index in [1.807, 2.05) is 12.3 Å². The van der Waals surface area contributed by atoms with Gasteiger partial charge in [-0.1, -0.05) is 11.6 Å². The van der Waals surface area contributed by atoms with Crippen LogP contribution in [0.4, 0.5) is 0 Å². The highest BCUT2D eigenvalue weighted by atomic mass is 16.5. The maximum Gasteiger partial charge on any atom is 0.331 e. The van der Waals surface area contributed by atoms with E-state index in [0.717, 1.165) is 40.9 Å². The lowest BCUT2D eigenvalue weighted by Crippen LogP contribution is -2.45. The Hall–Kier alpha value is -3.56. The van der Waals surface area contributed by atoms with Crippen molar-refractivity contribution in [1.82, 2.24) is 29.0 Å². The summed E-state index contributed by atoms with van der Waals surface area (Å²) >= 11 is 0. The predicted octanol–water partition coefficient (Wildman–Crippen LogP) is 1.84. The molecule has 9 nitrogen and oxygen atoms in total. The summed E-state index contributed by atoms with van der Waals surface area (Å²) < 4.78 is 10.5. The third kappa shape index (κ3) is 4.56. The minimum atomic E-state index is -0.355. The number of ether oxygens (including phenoxy) is 1. The van der Waals surface area contributed by atoms with E-state index in [1.165, 1.54) is 32.5 Å². The van der Waals surface area contributed by atoms with E-state index in [-0.39, 0.29) is 23.9 Å². The summed E-state index contributed by atoms with van der Waals surface area (Å²) in [4.78, 5) is 29.5. The smallest absolute Gasteiger partial charge is 0.331 e. The Labute approximate surface area is 203 Å². The fraction of sp³-hybridized carbons (Fsp3) is 0.385. The number of morpholine rings is 1. The molecular weight excluding hydrogens is 444 g/mol. The fourth-order valence-corrected chi connectivity index (χ4v) is 4.79. The van der Waals surface area contributed by atoms with Crippen LogP contribution in [-0.4, -0.2) is 49.0 Å². The molecular formula is C26H30N6O3. The van der Waals surface area contributed by atoms with E-state index >= 15 is 0 Å². The van der Waals surface area contributed by atoms with Gasteiger partial charge in [-0.25, -0.2) is 14.3 Å². The van der Waals surface area contributed by atoms with Crippen LogP contribution < -0.4 is 16.6 Å². The van der Waals surface area contributed by atoms with Gasteiger partial charge in [0.05, 0.1) is 30.5 Å². The van der Waals surface area contributed by atoms with Crippen LogP contribution in [0.3, 0.4) is 0 Å². The molecule has 35 heavy (non-hydrogen) atoms. The summed E-state index contributed by atoms with van der Waals surface area (Å²) in [6.45, 7) is 8.01. The highest BCUT2D eigenvalue weighted by Crippen LogP contribution is 2.31. The normalized spacial score (nSPS) is 18.3. The molecule has 4 heterocycles. The minimum absolute atomic E-state index is 0.0905. The first-order valence-electron chi connectivity index (χ1n) is 11.8. The van der Waals surface area contributed by atoms with Crippen molar-refractivity contribution in [2.45, 2.75) is 45.9 Å². The zero-order valence-electron chi connectivity index (χ0n) is 20.5. The summed E-state index contributed by atoms with van der Waals surface area (Å²) in [5.74, 6) is 0. The second kappa shape index (κ2) is 9.24. The van der Waals surface area contributed by atoms with Crippen LogP contribution in [0, 0.1) is 13.8 Å². The number of aryl methyl sites for hydroxylation is 3. The molecule has 1 fully saturated rings. The van der Waals surface area contributed by atoms with E-state index < -0.39 is 0 Å². The molecule has 1 saturated heterocycles. The number of aromatic nitrogens is 5. The van der Waals surface area contributed by atoms with Crippen molar-refractivity contribution in [3.63, 3.8) is 0 Å². The monoisotopic (exact) mass is 474 g/mol. The van der Waals surface area contributed by atoms with Crippen molar-refractivity contribution >= 4 is 5.52 Å². The number of hydrogen-bond donors (Lipinski definition) is 1. The molecule has 1 unspecified atom stereocenters. The van der Waals surface area contributed by atoms with Gasteiger partial charge in [0.25, 0.3) is 5.56 Å². The maximum atomic E-state index is 12.5. The van der Waals surface area contributed by atoms with Crippen LogP contribution in [0.5, 0.6) is 0 Å². The standard InChI is InChI=1S/C26H30N6O3/c1-16-7-17(2)21(10-20-11-27-18(3)14-35-20)22(8-16)25-23-9-19(13-32(23)29-15-28-25)12-31-24(33)5-6-30(4)26(31)34/h5-9,13,15,18,20,27H,10-12,14H2,1-4H3/t18-,20?/m0/s1. The van der Waals surface area contributed by atoms with Crippen LogP contribution in [0.2, 0.25) is 0 Å². The Bertz CT molecular complexity index is 1510. The first kappa shape index (κ1) is 23.2. The molecule has 1 aliphatic heterocycles. The minimum Gasteiger partial charge on any atom is -0.375 e. The molecule has 1 N–H and O–H groups in total. The van der Waals surface area contributed by atoms with Crippen LogP contribution in [0.25, 0.3) is 16.8 Å². The van der Waals surface area contributed by atoms with Gasteiger partial charge in [-0.15, -0.1) is 0 Å². The van der Waals surface area contributed by atoms with E-state index in [9.17, 15) is 9.59 Å². The Morgan fingerprint density at radius 2 is 2.03 bits per heavy atom. The Kier molecular flexibility index (Phi) is 6.12. The molecule has 182 valence electrons. The first-order chi connectivity index (χ1) is 16.8. The van der Waals surface area contributed by atoms with Gasteiger partial charge in [0.2, 0.25) is 0 Å². The summed E-state index contributed by atoms with van der Waals surface area (Å²) in [6.07, 6.45) is 5.74. The van der Waals surface area contributed by atoms with Crippen LogP contribution in [0.1, 0.15) is 29.2 Å². The van der Waals surface area contributed by atoms with Gasteiger partial charge in [-0.2, -0.15) is 5.10 Å². The SMILES string of the molecule is Cc1cc(C)c(CC2CN[C@@H](C)CO2)c(-c2ncnn3cc(Cn4c(=O)ccn(C)c4=O)cc23)c1. The molecule has 9 heteroatoms. The molecule has 0 saturated carbocycles. The van der Waals surface area contributed by atoms with E-state index in [0.29, 0.717) is 12.6 Å². The second-order valence-corrected chi connectivity index (χ2v) is 9.50. The van der Waals surface area contributed by atoms with Crippen molar-refractivity contribution in [3.05, 3.63) is 86.1 Å². The summed E-state index contributed by atoms with van der Waals surface area (Å²) in [5.41, 5.74) is 6.36. The van der Waals surface area contributed by atoms with Crippen molar-refractivity contribution < 1.29 is 4.74 Å². The van der Waals surface area contributed by atoms with Crippen molar-refractivity contribution in [1.29, 1.82) is 0 Å². The summed E-state index contributed by atoms with van der Waals surface area (Å²) in [7, 11) is 1.63. The van der Waals surface area contributed by atoms with E-state index in [2.05, 4.69) is 48.3 Å². The number of nitrogens with one attached hydrogen (secondary N) is 1. The average Bonchev–Trinajstić information content (AvgIpc) is 3.25. The van der Waals surface area contributed by atoms with Crippen molar-refractivity contribution in [2.75, 3.05) is 13.2 Å². The lowest BCUT2D eigenvalue weighted by atomic mass is 9.92. The molecule has 0 bridgehead atoms. The van der Waals surface area contributed by atoms with Gasteiger partial charge in [-0.05, 0) is 49.6 Å². The zero-order chi connectivity index (χ0) is 24.7. The molecule has 0 radical (unpaired) electrons. The molecule has 0 spiro atoms. The Morgan fingerprint density at radius 3 is 2.80 bits per heavy atom. The average molecular weight is 475 g/mol. The second-order valence-electron chi connectivity index (χ2n) is 9.50. The highest BCUT2D eigenvalue weighted by molar-refractivity contribution is 5.80. The summed E-state index contributed by atoms with van der Waals surface area (Å²) in [5, 5.41) is 7.89. The van der Waals surface area contributed by atoms with Crippen molar-refractivity contribution in [3.8, 4) is 11.3 Å². The predicted molar refractivity (Wildman–Crippen MR) is 134 cm³/mol. The van der Waals surface area contributed by atoms with E-state index in [1.54, 1.807) is 17.9 Å². The third-order valence-corrected chi connectivity index (χ3v) is 6.62. The van der Waals surface area contributed by atoms with E-state index in [4.69, 9.17) is 4.74 Å². The third-order valence-electron chi connectivity index (χ3n) is 6.62. The molecule has 1 aromatic carbocycles. The molecule has 5 rings (SSSR count). The maximum absolute atomic E-state index is 12.5. The number of nitrogens with zero attached hydrogens (tertiary/aromatic N) is 5. The fourth-order valence-electron chi connectivity index (χ4n) is 4.79. The zero-order valence-corrected chi connectivity index (χ0v) is 20.5. The molecule has 3 aromatic heterocycles. The number of rotatable bonds is 5. The summed E-state index contributed by atoms with van der Waals surface area (Å²) in [6, 6.07) is 8.06. The van der Waals surface area contributed by atoms with Gasteiger partial charge < -0.3 is 14.6 Å². The molecule has 1 aliphatic rings. The molecule has 0 aliphatic carbocycles. The topological polar surface area (TPSA) is 95.4 Å². The van der Waals surface area contributed by atoms with Gasteiger partial charge >= 0.3 is 5.69 Å². The van der Waals surface area contributed by atoms with Crippen LogP contribution >= 0.6 is 0 Å². The van der Waals surface area contributed by atoms with Crippen molar-refractivity contribution in [2.24, 2.45) is 7.05 Å². The van der Waals surface area contributed by atoms with Gasteiger partial charge in [0.1, 0.15) is 6.33 Å². The number of fused-ring (bicyclic) bond motifs is 1. The molecule has 2 atom stereocenters. The lowest BCUT2D eigenvalue weighted by molar-refractivity contribution is 0.00880. The number of hydrogen-bond acceptors (Lipinski definition) is 6. The van der Waals surface area contributed by atoms with Gasteiger partial charge in [0, 0.05) is 50.1 Å². The molecule has 4 aromatic rings. The number of benzene rings is 1. The quantitative estimate of drug-likeness (QED) is 0.474. The Balaban J connectivity index is 1.57. The largest absolute Gasteiger partial charge is 0.375 e. The lowest BCUT2D eigenvalue weighted by Gasteiger charge is -2.29.